The van der Waals surface area contributed by atoms with Crippen molar-refractivity contribution in [2.45, 2.75) is 271 Å². The van der Waals surface area contributed by atoms with Crippen molar-refractivity contribution in [3.8, 4) is 0 Å². The molecular weight excluding hydrogens is 925 g/mol. The van der Waals surface area contributed by atoms with Crippen LogP contribution < -0.4 is 0 Å². The molecule has 0 fully saturated rings. The number of esters is 3. The molecule has 0 aromatic heterocycles. The molecule has 0 saturated heterocycles. The van der Waals surface area contributed by atoms with E-state index in [1.165, 1.54) is 103 Å². The highest BCUT2D eigenvalue weighted by Gasteiger charge is 2.19. The molecule has 0 aliphatic carbocycles. The monoisotopic (exact) mass is 1040 g/mol. The Morgan fingerprint density at radius 1 is 0.280 bits per heavy atom. The third-order valence-electron chi connectivity index (χ3n) is 12.6. The maximum atomic E-state index is 12.9. The van der Waals surface area contributed by atoms with Gasteiger partial charge in [-0.05, 0) is 128 Å². The lowest BCUT2D eigenvalue weighted by molar-refractivity contribution is -0.167. The Morgan fingerprint density at radius 3 is 0.893 bits per heavy atom. The fourth-order valence-electron chi connectivity index (χ4n) is 8.09. The Bertz CT molecular complexity index is 1620. The summed E-state index contributed by atoms with van der Waals surface area (Å²) < 4.78 is 16.8. The number of hydrogen-bond acceptors (Lipinski definition) is 6. The van der Waals surface area contributed by atoms with Crippen LogP contribution in [0.25, 0.3) is 0 Å². The maximum absolute atomic E-state index is 12.9. The predicted molar refractivity (Wildman–Crippen MR) is 325 cm³/mol. The topological polar surface area (TPSA) is 78.9 Å². The van der Waals surface area contributed by atoms with Crippen molar-refractivity contribution in [3.05, 3.63) is 134 Å². The highest BCUT2D eigenvalue weighted by Crippen LogP contribution is 2.14. The molecule has 0 radical (unpaired) electrons. The molecule has 0 saturated carbocycles. The Kier molecular flexibility index (Phi) is 58.4. The quantitative estimate of drug-likeness (QED) is 0.0261. The summed E-state index contributed by atoms with van der Waals surface area (Å²) in [6.07, 6.45) is 87.4. The van der Waals surface area contributed by atoms with Gasteiger partial charge in [-0.1, -0.05) is 251 Å². The Balaban J connectivity index is 4.52. The highest BCUT2D eigenvalue weighted by molar-refractivity contribution is 5.71. The minimum atomic E-state index is -0.826. The zero-order valence-corrected chi connectivity index (χ0v) is 48.5. The van der Waals surface area contributed by atoms with E-state index in [0.29, 0.717) is 19.3 Å². The van der Waals surface area contributed by atoms with Crippen molar-refractivity contribution < 1.29 is 28.6 Å². The van der Waals surface area contributed by atoms with E-state index in [0.717, 1.165) is 109 Å². The van der Waals surface area contributed by atoms with Gasteiger partial charge in [-0.15, -0.1) is 0 Å². The van der Waals surface area contributed by atoms with Gasteiger partial charge in [0.15, 0.2) is 6.10 Å². The van der Waals surface area contributed by atoms with Gasteiger partial charge in [-0.3, -0.25) is 14.4 Å². The Morgan fingerprint density at radius 2 is 0.533 bits per heavy atom. The van der Waals surface area contributed by atoms with E-state index in [2.05, 4.69) is 154 Å². The second kappa shape index (κ2) is 62.1. The molecule has 0 amide bonds. The average molecular weight is 1040 g/mol. The third kappa shape index (κ3) is 60.3. The Hall–Kier alpha value is -4.45. The van der Waals surface area contributed by atoms with Crippen LogP contribution in [0.3, 0.4) is 0 Å². The molecule has 6 heteroatoms. The molecule has 1 unspecified atom stereocenters. The SMILES string of the molecule is CC/C=C\C/C=C\C/C=C\C/C=C\C/C=C\CCCCCC(=O)OC(COC(=O)CCC/C=C\C/C=C\C/C=C\C/C=C\C/C=C\CC)COC(=O)CCCCCCCCCCC/C=C\CCCCCCCCCC. The van der Waals surface area contributed by atoms with Gasteiger partial charge in [-0.25, -0.2) is 0 Å². The van der Waals surface area contributed by atoms with Gasteiger partial charge in [0.2, 0.25) is 0 Å². The maximum Gasteiger partial charge on any atom is 0.306 e. The smallest absolute Gasteiger partial charge is 0.306 e. The Labute approximate surface area is 462 Å². The molecule has 0 bridgehead atoms. The van der Waals surface area contributed by atoms with Crippen molar-refractivity contribution in [1.29, 1.82) is 0 Å². The molecular formula is C69H112O6. The van der Waals surface area contributed by atoms with Crippen molar-refractivity contribution in [3.63, 3.8) is 0 Å². The molecule has 0 heterocycles. The first-order valence-corrected chi connectivity index (χ1v) is 30.7. The van der Waals surface area contributed by atoms with Crippen LogP contribution in [0.15, 0.2) is 134 Å². The number of hydrogen-bond donors (Lipinski definition) is 0. The summed E-state index contributed by atoms with van der Waals surface area (Å²) in [6.45, 7) is 6.34. The van der Waals surface area contributed by atoms with E-state index in [-0.39, 0.29) is 44.0 Å². The van der Waals surface area contributed by atoms with Crippen LogP contribution in [0.4, 0.5) is 0 Å². The fraction of sp³-hybridized carbons (Fsp3) is 0.638. The zero-order valence-electron chi connectivity index (χ0n) is 48.5. The second-order valence-corrected chi connectivity index (χ2v) is 19.8. The largest absolute Gasteiger partial charge is 0.462 e. The predicted octanol–water partition coefficient (Wildman–Crippen LogP) is 21.0. The molecule has 424 valence electrons. The summed E-state index contributed by atoms with van der Waals surface area (Å²) in [4.78, 5) is 38.3. The number of carbonyl (C=O) groups excluding carboxylic acids is 3. The van der Waals surface area contributed by atoms with Crippen LogP contribution in [0.5, 0.6) is 0 Å². The number of allylic oxidation sites excluding steroid dienone is 22. The second-order valence-electron chi connectivity index (χ2n) is 19.8. The number of ether oxygens (including phenoxy) is 3. The summed E-state index contributed by atoms with van der Waals surface area (Å²) >= 11 is 0. The molecule has 1 atom stereocenters. The van der Waals surface area contributed by atoms with Gasteiger partial charge in [0.25, 0.3) is 0 Å². The molecule has 0 aromatic rings. The molecule has 0 aliphatic heterocycles. The first kappa shape index (κ1) is 70.5. The highest BCUT2D eigenvalue weighted by atomic mass is 16.6. The van der Waals surface area contributed by atoms with E-state index >= 15 is 0 Å². The van der Waals surface area contributed by atoms with Crippen LogP contribution in [-0.2, 0) is 28.6 Å². The van der Waals surface area contributed by atoms with Crippen LogP contribution in [0, 0.1) is 0 Å². The van der Waals surface area contributed by atoms with Crippen molar-refractivity contribution >= 4 is 17.9 Å². The summed E-state index contributed by atoms with van der Waals surface area (Å²) in [5.74, 6) is -1.01. The van der Waals surface area contributed by atoms with Crippen molar-refractivity contribution in [2.24, 2.45) is 0 Å². The van der Waals surface area contributed by atoms with E-state index in [1.54, 1.807) is 0 Å². The summed E-state index contributed by atoms with van der Waals surface area (Å²) in [5.41, 5.74) is 0. The van der Waals surface area contributed by atoms with Crippen LogP contribution in [0.2, 0.25) is 0 Å². The molecule has 0 rings (SSSR count). The van der Waals surface area contributed by atoms with Crippen LogP contribution >= 0.6 is 0 Å². The first-order chi connectivity index (χ1) is 37.0. The normalized spacial score (nSPS) is 13.1. The van der Waals surface area contributed by atoms with E-state index in [9.17, 15) is 14.4 Å². The summed E-state index contributed by atoms with van der Waals surface area (Å²) in [7, 11) is 0. The van der Waals surface area contributed by atoms with E-state index in [4.69, 9.17) is 14.2 Å². The molecule has 75 heavy (non-hydrogen) atoms. The van der Waals surface area contributed by atoms with Crippen molar-refractivity contribution in [1.82, 2.24) is 0 Å². The van der Waals surface area contributed by atoms with Crippen LogP contribution in [0.1, 0.15) is 265 Å². The fourth-order valence-corrected chi connectivity index (χ4v) is 8.09. The van der Waals surface area contributed by atoms with Gasteiger partial charge in [-0.2, -0.15) is 0 Å². The third-order valence-corrected chi connectivity index (χ3v) is 12.6. The minimum absolute atomic E-state index is 0.114. The minimum Gasteiger partial charge on any atom is -0.462 e. The molecule has 0 N–H and O–H groups in total. The lowest BCUT2D eigenvalue weighted by Crippen LogP contribution is -2.30. The van der Waals surface area contributed by atoms with Gasteiger partial charge in [0.1, 0.15) is 13.2 Å². The summed E-state index contributed by atoms with van der Waals surface area (Å²) in [6, 6.07) is 0. The van der Waals surface area contributed by atoms with Gasteiger partial charge in [0.05, 0.1) is 0 Å². The van der Waals surface area contributed by atoms with Crippen molar-refractivity contribution in [2.75, 3.05) is 13.2 Å². The average Bonchev–Trinajstić information content (AvgIpc) is 3.41. The lowest BCUT2D eigenvalue weighted by atomic mass is 10.1. The van der Waals surface area contributed by atoms with Gasteiger partial charge < -0.3 is 14.2 Å². The zero-order chi connectivity index (χ0) is 54.3. The van der Waals surface area contributed by atoms with Gasteiger partial charge in [0, 0.05) is 19.3 Å². The number of carbonyl (C=O) groups is 3. The van der Waals surface area contributed by atoms with Gasteiger partial charge >= 0.3 is 17.9 Å². The van der Waals surface area contributed by atoms with E-state index in [1.807, 2.05) is 0 Å². The standard InChI is InChI=1S/C69H112O6/c1-4-7-10-13-16-19-22-25-28-31-33-34-36-38-41-44-47-50-53-56-59-62-68(71)74-65-66(64-73-67(70)61-58-55-52-49-46-43-40-37-30-27-24-21-18-15-12-9-6-3)75-69(72)63-60-57-54-51-48-45-42-39-35-32-29-26-23-20-17-14-11-8-5-2/h8-9,11-12,17-18,20-21,26-27,29-31,33,35,39-40,43,45,48-49,52,66H,4-7,10,13-16,19,22-25,28,32,34,36-38,41-42,44,46-47,50-51,53-65H2,1-3H3/b11-8-,12-9-,20-17-,21-18-,29-26-,30-27-,33-31-,39-35-,43-40-,48-45-,52-49-. The number of rotatable bonds is 54. The number of unbranched alkanes of at least 4 members (excludes halogenated alkanes) is 21. The molecule has 0 aliphatic rings. The molecule has 0 aromatic carbocycles. The first-order valence-electron chi connectivity index (χ1n) is 30.7. The molecule has 6 nitrogen and oxygen atoms in total. The lowest BCUT2D eigenvalue weighted by Gasteiger charge is -2.18. The van der Waals surface area contributed by atoms with Crippen LogP contribution in [-0.4, -0.2) is 37.2 Å². The van der Waals surface area contributed by atoms with E-state index < -0.39 is 6.10 Å². The summed E-state index contributed by atoms with van der Waals surface area (Å²) in [5, 5.41) is 0. The molecule has 0 spiro atoms.